The van der Waals surface area contributed by atoms with Crippen LogP contribution in [0.3, 0.4) is 0 Å². The zero-order valence-corrected chi connectivity index (χ0v) is 12.1. The molecular formula is C14H17Cl2NO2. The first-order valence-corrected chi connectivity index (χ1v) is 7.26. The van der Waals surface area contributed by atoms with E-state index in [0.717, 1.165) is 19.3 Å². The normalized spacial score (nSPS) is 15.9. The first-order valence-electron chi connectivity index (χ1n) is 6.35. The lowest BCUT2D eigenvalue weighted by Crippen LogP contribution is -2.34. The van der Waals surface area contributed by atoms with E-state index in [-0.39, 0.29) is 17.9 Å². The summed E-state index contributed by atoms with van der Waals surface area (Å²) in [5.74, 6) is 1.19. The Morgan fingerprint density at radius 3 is 2.58 bits per heavy atom. The minimum atomic E-state index is -0.101. The zero-order chi connectivity index (χ0) is 13.7. The van der Waals surface area contributed by atoms with Crippen molar-refractivity contribution in [2.75, 3.05) is 19.0 Å². The van der Waals surface area contributed by atoms with Crippen LogP contribution in [0.5, 0.6) is 5.75 Å². The lowest BCUT2D eigenvalue weighted by molar-refractivity contribution is -0.123. The van der Waals surface area contributed by atoms with Gasteiger partial charge in [0.15, 0.2) is 6.61 Å². The largest absolute Gasteiger partial charge is 0.484 e. The molecule has 0 aliphatic heterocycles. The molecule has 1 saturated carbocycles. The van der Waals surface area contributed by atoms with Crippen molar-refractivity contribution in [1.82, 2.24) is 5.32 Å². The van der Waals surface area contributed by atoms with Crippen LogP contribution in [0.1, 0.15) is 19.3 Å². The number of ether oxygens (including phenoxy) is 1. The molecule has 1 N–H and O–H groups in total. The fourth-order valence-electron chi connectivity index (χ4n) is 1.91. The standard InChI is InChI=1S/C14H17Cl2NO2/c15-8-7-14(5-6-14)10-17-13(18)9-19-12-3-1-11(16)2-4-12/h1-4H,5-10H2,(H,17,18). The summed E-state index contributed by atoms with van der Waals surface area (Å²) in [5.41, 5.74) is 0.248. The molecule has 1 fully saturated rings. The van der Waals surface area contributed by atoms with E-state index in [1.54, 1.807) is 24.3 Å². The number of alkyl halides is 1. The lowest BCUT2D eigenvalue weighted by Gasteiger charge is -2.14. The molecule has 1 aliphatic rings. The summed E-state index contributed by atoms with van der Waals surface area (Å²) in [6, 6.07) is 6.94. The number of nitrogens with one attached hydrogen (secondary N) is 1. The van der Waals surface area contributed by atoms with Crippen LogP contribution < -0.4 is 10.1 Å². The molecule has 104 valence electrons. The molecule has 0 atom stereocenters. The van der Waals surface area contributed by atoms with Crippen LogP contribution in [0, 0.1) is 5.41 Å². The molecule has 1 aromatic rings. The van der Waals surface area contributed by atoms with Gasteiger partial charge in [0.25, 0.3) is 5.91 Å². The molecule has 0 spiro atoms. The van der Waals surface area contributed by atoms with Gasteiger partial charge in [-0.2, -0.15) is 0 Å². The maximum atomic E-state index is 11.7. The highest BCUT2D eigenvalue weighted by molar-refractivity contribution is 6.30. The molecular weight excluding hydrogens is 285 g/mol. The van der Waals surface area contributed by atoms with Gasteiger partial charge in [-0.15, -0.1) is 11.6 Å². The van der Waals surface area contributed by atoms with E-state index in [1.165, 1.54) is 0 Å². The Balaban J connectivity index is 1.69. The molecule has 1 aromatic carbocycles. The third-order valence-electron chi connectivity index (χ3n) is 3.43. The van der Waals surface area contributed by atoms with Crippen LogP contribution in [-0.2, 0) is 4.79 Å². The van der Waals surface area contributed by atoms with Crippen LogP contribution in [0.15, 0.2) is 24.3 Å². The summed E-state index contributed by atoms with van der Waals surface area (Å²) in [5, 5.41) is 3.55. The molecule has 0 radical (unpaired) electrons. The Morgan fingerprint density at radius 1 is 1.32 bits per heavy atom. The van der Waals surface area contributed by atoms with Crippen molar-refractivity contribution in [2.45, 2.75) is 19.3 Å². The van der Waals surface area contributed by atoms with Crippen LogP contribution in [0.2, 0.25) is 5.02 Å². The number of hydrogen-bond acceptors (Lipinski definition) is 2. The monoisotopic (exact) mass is 301 g/mol. The van der Waals surface area contributed by atoms with Gasteiger partial charge in [-0.1, -0.05) is 11.6 Å². The molecule has 0 aromatic heterocycles. The molecule has 3 nitrogen and oxygen atoms in total. The number of carbonyl (C=O) groups is 1. The third-order valence-corrected chi connectivity index (χ3v) is 3.87. The predicted octanol–water partition coefficient (Wildman–Crippen LogP) is 3.24. The summed E-state index contributed by atoms with van der Waals surface area (Å²) < 4.78 is 5.37. The molecule has 5 heteroatoms. The summed E-state index contributed by atoms with van der Waals surface area (Å²) in [6.45, 7) is 0.723. The molecule has 1 aliphatic carbocycles. The van der Waals surface area contributed by atoms with E-state index in [0.29, 0.717) is 23.2 Å². The van der Waals surface area contributed by atoms with Crippen molar-refractivity contribution in [3.63, 3.8) is 0 Å². The lowest BCUT2D eigenvalue weighted by atomic mass is 10.0. The highest BCUT2D eigenvalue weighted by Gasteiger charge is 2.41. The van der Waals surface area contributed by atoms with Crippen molar-refractivity contribution in [2.24, 2.45) is 5.41 Å². The van der Waals surface area contributed by atoms with Gasteiger partial charge in [-0.05, 0) is 48.9 Å². The number of hydrogen-bond donors (Lipinski definition) is 1. The number of amides is 1. The van der Waals surface area contributed by atoms with Crippen LogP contribution in [0.4, 0.5) is 0 Å². The first kappa shape index (κ1) is 14.5. The topological polar surface area (TPSA) is 38.3 Å². The Labute approximate surface area is 123 Å². The SMILES string of the molecule is O=C(COc1ccc(Cl)cc1)NCC1(CCCl)CC1. The second-order valence-electron chi connectivity index (χ2n) is 4.96. The van der Waals surface area contributed by atoms with Gasteiger partial charge in [0.05, 0.1) is 0 Å². The predicted molar refractivity (Wildman–Crippen MR) is 77.0 cm³/mol. The van der Waals surface area contributed by atoms with Crippen LogP contribution in [0.25, 0.3) is 0 Å². The van der Waals surface area contributed by atoms with E-state index in [1.807, 2.05) is 0 Å². The van der Waals surface area contributed by atoms with Gasteiger partial charge in [-0.25, -0.2) is 0 Å². The molecule has 0 saturated heterocycles. The Hall–Kier alpha value is -0.930. The smallest absolute Gasteiger partial charge is 0.257 e. The van der Waals surface area contributed by atoms with Crippen LogP contribution in [-0.4, -0.2) is 24.9 Å². The second kappa shape index (κ2) is 6.49. The molecule has 2 rings (SSSR count). The highest BCUT2D eigenvalue weighted by Crippen LogP contribution is 2.48. The second-order valence-corrected chi connectivity index (χ2v) is 5.77. The van der Waals surface area contributed by atoms with Gasteiger partial charge in [0, 0.05) is 17.4 Å². The number of halogens is 2. The summed E-state index contributed by atoms with van der Waals surface area (Å²) in [7, 11) is 0. The third kappa shape index (κ3) is 4.59. The van der Waals surface area contributed by atoms with Gasteiger partial charge < -0.3 is 10.1 Å². The average molecular weight is 302 g/mol. The fourth-order valence-corrected chi connectivity index (χ4v) is 2.44. The Bertz CT molecular complexity index is 430. The molecule has 0 bridgehead atoms. The molecule has 0 unspecified atom stereocenters. The van der Waals surface area contributed by atoms with Crippen molar-refractivity contribution in [3.8, 4) is 5.75 Å². The summed E-state index contributed by atoms with van der Waals surface area (Å²) in [6.07, 6.45) is 3.27. The van der Waals surface area contributed by atoms with Gasteiger partial charge in [-0.3, -0.25) is 4.79 Å². The fraction of sp³-hybridized carbons (Fsp3) is 0.500. The van der Waals surface area contributed by atoms with Crippen LogP contribution >= 0.6 is 23.2 Å². The molecule has 1 amide bonds. The van der Waals surface area contributed by atoms with E-state index in [4.69, 9.17) is 27.9 Å². The molecule has 19 heavy (non-hydrogen) atoms. The summed E-state index contributed by atoms with van der Waals surface area (Å²) >= 11 is 11.5. The number of carbonyl (C=O) groups excluding carboxylic acids is 1. The van der Waals surface area contributed by atoms with Gasteiger partial charge in [0.2, 0.25) is 0 Å². The number of benzene rings is 1. The van der Waals surface area contributed by atoms with Gasteiger partial charge >= 0.3 is 0 Å². The Morgan fingerprint density at radius 2 is 2.00 bits per heavy atom. The van der Waals surface area contributed by atoms with Crippen molar-refractivity contribution < 1.29 is 9.53 Å². The first-order chi connectivity index (χ1) is 9.13. The minimum absolute atomic E-state index is 0.0264. The zero-order valence-electron chi connectivity index (χ0n) is 10.6. The highest BCUT2D eigenvalue weighted by atomic mass is 35.5. The number of rotatable bonds is 7. The van der Waals surface area contributed by atoms with Gasteiger partial charge in [0.1, 0.15) is 5.75 Å². The van der Waals surface area contributed by atoms with Crippen molar-refractivity contribution in [3.05, 3.63) is 29.3 Å². The average Bonchev–Trinajstić information content (AvgIpc) is 3.17. The van der Waals surface area contributed by atoms with E-state index in [2.05, 4.69) is 5.32 Å². The van der Waals surface area contributed by atoms with E-state index >= 15 is 0 Å². The molecule has 0 heterocycles. The Kier molecular flexibility index (Phi) is 4.94. The van der Waals surface area contributed by atoms with E-state index < -0.39 is 0 Å². The quantitative estimate of drug-likeness (QED) is 0.785. The maximum Gasteiger partial charge on any atom is 0.257 e. The minimum Gasteiger partial charge on any atom is -0.484 e. The maximum absolute atomic E-state index is 11.7. The summed E-state index contributed by atoms with van der Waals surface area (Å²) in [4.78, 5) is 11.7. The van der Waals surface area contributed by atoms with E-state index in [9.17, 15) is 4.79 Å². The van der Waals surface area contributed by atoms with Crippen molar-refractivity contribution >= 4 is 29.1 Å². The van der Waals surface area contributed by atoms with Crippen molar-refractivity contribution in [1.29, 1.82) is 0 Å².